The minimum absolute atomic E-state index is 0.216. The molecule has 0 aliphatic carbocycles. The minimum atomic E-state index is -4.37. The van der Waals surface area contributed by atoms with E-state index in [1.165, 1.54) is 17.7 Å². The Labute approximate surface area is 156 Å². The number of hydrogen-bond donors (Lipinski definition) is 1. The molecule has 0 radical (unpaired) electrons. The van der Waals surface area contributed by atoms with Crippen LogP contribution in [0.5, 0.6) is 0 Å². The Morgan fingerprint density at radius 3 is 2.07 bits per heavy atom. The van der Waals surface area contributed by atoms with Crippen molar-refractivity contribution < 1.29 is 18.0 Å². The van der Waals surface area contributed by atoms with Gasteiger partial charge in [0.05, 0.1) is 12.1 Å². The third-order valence-corrected chi connectivity index (χ3v) is 4.58. The SMILES string of the molecule is O=C(CN1CCN(Cc2ccccc2)CC1)Nc1ccc(C(F)(F)F)cc1. The highest BCUT2D eigenvalue weighted by atomic mass is 19.4. The van der Waals surface area contributed by atoms with Gasteiger partial charge in [0, 0.05) is 38.4 Å². The van der Waals surface area contributed by atoms with Gasteiger partial charge in [-0.1, -0.05) is 30.3 Å². The number of halogens is 3. The standard InChI is InChI=1S/C20H22F3N3O/c21-20(22,23)17-6-8-18(9-7-17)24-19(27)15-26-12-10-25(11-13-26)14-16-4-2-1-3-5-16/h1-9H,10-15H2,(H,24,27). The van der Waals surface area contributed by atoms with Crippen LogP contribution in [0.2, 0.25) is 0 Å². The van der Waals surface area contributed by atoms with Gasteiger partial charge < -0.3 is 5.32 Å². The Morgan fingerprint density at radius 2 is 1.48 bits per heavy atom. The molecule has 0 saturated carbocycles. The molecule has 2 aromatic rings. The Kier molecular flexibility index (Phi) is 6.13. The number of anilines is 1. The van der Waals surface area contributed by atoms with Gasteiger partial charge >= 0.3 is 6.18 Å². The van der Waals surface area contributed by atoms with Crippen molar-refractivity contribution in [1.82, 2.24) is 9.80 Å². The van der Waals surface area contributed by atoms with E-state index < -0.39 is 11.7 Å². The zero-order valence-electron chi connectivity index (χ0n) is 14.9. The molecule has 1 amide bonds. The number of benzene rings is 2. The minimum Gasteiger partial charge on any atom is -0.325 e. The molecule has 0 bridgehead atoms. The third kappa shape index (κ3) is 5.80. The van der Waals surface area contributed by atoms with Crippen LogP contribution in [0, 0.1) is 0 Å². The molecule has 3 rings (SSSR count). The molecule has 2 aromatic carbocycles. The van der Waals surface area contributed by atoms with Gasteiger partial charge in [-0.2, -0.15) is 13.2 Å². The van der Waals surface area contributed by atoms with Crippen molar-refractivity contribution in [3.8, 4) is 0 Å². The monoisotopic (exact) mass is 377 g/mol. The van der Waals surface area contributed by atoms with E-state index in [0.717, 1.165) is 44.9 Å². The topological polar surface area (TPSA) is 35.6 Å². The van der Waals surface area contributed by atoms with Crippen LogP contribution >= 0.6 is 0 Å². The molecule has 0 aromatic heterocycles. The molecule has 1 aliphatic rings. The first-order valence-electron chi connectivity index (χ1n) is 8.86. The number of carbonyl (C=O) groups excluding carboxylic acids is 1. The highest BCUT2D eigenvalue weighted by Crippen LogP contribution is 2.29. The van der Waals surface area contributed by atoms with Crippen molar-refractivity contribution in [2.45, 2.75) is 12.7 Å². The van der Waals surface area contributed by atoms with Crippen LogP contribution < -0.4 is 5.32 Å². The van der Waals surface area contributed by atoms with Crippen molar-refractivity contribution in [3.63, 3.8) is 0 Å². The normalized spacial score (nSPS) is 16.3. The van der Waals surface area contributed by atoms with Gasteiger partial charge in [-0.3, -0.25) is 14.6 Å². The first-order chi connectivity index (χ1) is 12.9. The molecule has 144 valence electrons. The lowest BCUT2D eigenvalue weighted by Gasteiger charge is -2.34. The third-order valence-electron chi connectivity index (χ3n) is 4.58. The summed E-state index contributed by atoms with van der Waals surface area (Å²) in [5.74, 6) is -0.216. The first kappa shape index (κ1) is 19.4. The Bertz CT molecular complexity index is 739. The van der Waals surface area contributed by atoms with E-state index in [9.17, 15) is 18.0 Å². The van der Waals surface area contributed by atoms with Crippen molar-refractivity contribution >= 4 is 11.6 Å². The molecule has 1 aliphatic heterocycles. The summed E-state index contributed by atoms with van der Waals surface area (Å²) in [4.78, 5) is 16.5. The maximum atomic E-state index is 12.6. The summed E-state index contributed by atoms with van der Waals surface area (Å²) < 4.78 is 37.7. The molecule has 7 heteroatoms. The summed E-state index contributed by atoms with van der Waals surface area (Å²) in [5, 5.41) is 2.66. The molecule has 1 fully saturated rings. The Balaban J connectivity index is 1.43. The number of nitrogens with one attached hydrogen (secondary N) is 1. The van der Waals surface area contributed by atoms with E-state index in [2.05, 4.69) is 27.2 Å². The maximum Gasteiger partial charge on any atom is 0.416 e. The van der Waals surface area contributed by atoms with Crippen LogP contribution in [0.3, 0.4) is 0 Å². The zero-order valence-corrected chi connectivity index (χ0v) is 14.9. The van der Waals surface area contributed by atoms with E-state index >= 15 is 0 Å². The van der Waals surface area contributed by atoms with Crippen LogP contribution in [-0.4, -0.2) is 48.4 Å². The van der Waals surface area contributed by atoms with Gasteiger partial charge in [0.1, 0.15) is 0 Å². The molecule has 1 N–H and O–H groups in total. The van der Waals surface area contributed by atoms with Gasteiger partial charge in [0.25, 0.3) is 0 Å². The van der Waals surface area contributed by atoms with Gasteiger partial charge in [0.15, 0.2) is 0 Å². The lowest BCUT2D eigenvalue weighted by Crippen LogP contribution is -2.48. The predicted molar refractivity (Wildman–Crippen MR) is 98.2 cm³/mol. The summed E-state index contributed by atoms with van der Waals surface area (Å²) in [6.07, 6.45) is -4.37. The van der Waals surface area contributed by atoms with Crippen LogP contribution in [0.4, 0.5) is 18.9 Å². The fourth-order valence-electron chi connectivity index (χ4n) is 3.09. The average molecular weight is 377 g/mol. The van der Waals surface area contributed by atoms with E-state index in [-0.39, 0.29) is 12.5 Å². The van der Waals surface area contributed by atoms with Gasteiger partial charge in [-0.05, 0) is 29.8 Å². The lowest BCUT2D eigenvalue weighted by molar-refractivity contribution is -0.137. The second kappa shape index (κ2) is 8.54. The van der Waals surface area contributed by atoms with Crippen LogP contribution in [0.25, 0.3) is 0 Å². The lowest BCUT2D eigenvalue weighted by atomic mass is 10.2. The van der Waals surface area contributed by atoms with Gasteiger partial charge in [0.2, 0.25) is 5.91 Å². The number of alkyl halides is 3. The quantitative estimate of drug-likeness (QED) is 0.867. The maximum absolute atomic E-state index is 12.6. The van der Waals surface area contributed by atoms with Gasteiger partial charge in [-0.25, -0.2) is 0 Å². The number of nitrogens with zero attached hydrogens (tertiary/aromatic N) is 2. The van der Waals surface area contributed by atoms with Crippen LogP contribution in [0.1, 0.15) is 11.1 Å². The number of hydrogen-bond acceptors (Lipinski definition) is 3. The van der Waals surface area contributed by atoms with Crippen molar-refractivity contribution in [1.29, 1.82) is 0 Å². The largest absolute Gasteiger partial charge is 0.416 e. The number of carbonyl (C=O) groups is 1. The molecular weight excluding hydrogens is 355 g/mol. The van der Waals surface area contributed by atoms with Crippen molar-refractivity contribution in [2.75, 3.05) is 38.0 Å². The predicted octanol–water partition coefficient (Wildman–Crippen LogP) is 3.46. The second-order valence-electron chi connectivity index (χ2n) is 6.66. The number of rotatable bonds is 5. The molecule has 1 saturated heterocycles. The van der Waals surface area contributed by atoms with Crippen LogP contribution in [0.15, 0.2) is 54.6 Å². The van der Waals surface area contributed by atoms with E-state index in [1.54, 1.807) is 0 Å². The molecule has 27 heavy (non-hydrogen) atoms. The fraction of sp³-hybridized carbons (Fsp3) is 0.350. The van der Waals surface area contributed by atoms with Gasteiger partial charge in [-0.15, -0.1) is 0 Å². The summed E-state index contributed by atoms with van der Waals surface area (Å²) in [6.45, 7) is 4.46. The molecular formula is C20H22F3N3O. The highest BCUT2D eigenvalue weighted by Gasteiger charge is 2.30. The molecule has 0 unspecified atom stereocenters. The first-order valence-corrected chi connectivity index (χ1v) is 8.86. The zero-order chi connectivity index (χ0) is 19.3. The number of amides is 1. The summed E-state index contributed by atoms with van der Waals surface area (Å²) in [5.41, 5.74) is 0.914. The second-order valence-corrected chi connectivity index (χ2v) is 6.66. The summed E-state index contributed by atoms with van der Waals surface area (Å²) in [7, 11) is 0. The average Bonchev–Trinajstić information content (AvgIpc) is 2.64. The molecule has 0 atom stereocenters. The Morgan fingerprint density at radius 1 is 0.889 bits per heavy atom. The molecule has 1 heterocycles. The molecule has 0 spiro atoms. The summed E-state index contributed by atoms with van der Waals surface area (Å²) in [6, 6.07) is 14.7. The van der Waals surface area contributed by atoms with E-state index in [0.29, 0.717) is 5.69 Å². The fourth-order valence-corrected chi connectivity index (χ4v) is 3.09. The Hall–Kier alpha value is -2.38. The van der Waals surface area contributed by atoms with Crippen LogP contribution in [-0.2, 0) is 17.5 Å². The van der Waals surface area contributed by atoms with Crippen molar-refractivity contribution in [2.24, 2.45) is 0 Å². The smallest absolute Gasteiger partial charge is 0.325 e. The highest BCUT2D eigenvalue weighted by molar-refractivity contribution is 5.92. The van der Waals surface area contributed by atoms with E-state index in [1.807, 2.05) is 18.2 Å². The summed E-state index contributed by atoms with van der Waals surface area (Å²) >= 11 is 0. The number of piperazine rings is 1. The van der Waals surface area contributed by atoms with E-state index in [4.69, 9.17) is 0 Å². The molecule has 4 nitrogen and oxygen atoms in total. The van der Waals surface area contributed by atoms with Crippen molar-refractivity contribution in [3.05, 3.63) is 65.7 Å².